The highest BCUT2D eigenvalue weighted by atomic mass is 16.5. The Morgan fingerprint density at radius 1 is 1.25 bits per heavy atom. The third kappa shape index (κ3) is 2.39. The van der Waals surface area contributed by atoms with Crippen LogP contribution >= 0.6 is 0 Å². The summed E-state index contributed by atoms with van der Waals surface area (Å²) in [5.74, 6) is 1.59. The molecule has 0 radical (unpaired) electrons. The van der Waals surface area contributed by atoms with Crippen LogP contribution in [0.1, 0.15) is 5.56 Å². The quantitative estimate of drug-likeness (QED) is 0.823. The van der Waals surface area contributed by atoms with E-state index in [0.717, 1.165) is 22.7 Å². The van der Waals surface area contributed by atoms with Crippen LogP contribution in [0.15, 0.2) is 12.1 Å². The van der Waals surface area contributed by atoms with Crippen LogP contribution in [0.5, 0.6) is 11.5 Å². The summed E-state index contributed by atoms with van der Waals surface area (Å²) in [6.07, 6.45) is 0. The molecule has 0 bridgehead atoms. The lowest BCUT2D eigenvalue weighted by Gasteiger charge is -2.22. The minimum atomic E-state index is 0.116. The molecule has 1 aromatic carbocycles. The summed E-state index contributed by atoms with van der Waals surface area (Å²) < 4.78 is 10.6. The molecule has 0 atom stereocenters. The van der Waals surface area contributed by atoms with Gasteiger partial charge < -0.3 is 19.5 Å². The molecular formula is C12H19NO3. The van der Waals surface area contributed by atoms with Crippen molar-refractivity contribution in [3.63, 3.8) is 0 Å². The number of ether oxygens (including phenoxy) is 2. The molecule has 0 fully saturated rings. The second kappa shape index (κ2) is 5.61. The fourth-order valence-electron chi connectivity index (χ4n) is 1.71. The van der Waals surface area contributed by atoms with Crippen LogP contribution in [0.4, 0.5) is 5.69 Å². The number of hydrogen-bond donors (Lipinski definition) is 1. The zero-order chi connectivity index (χ0) is 12.1. The van der Waals surface area contributed by atoms with Gasteiger partial charge in [-0.2, -0.15) is 0 Å². The standard InChI is InChI=1S/C12H19NO3/c1-9-11(15-3)6-5-10(12(9)16-4)13(2)7-8-14/h5-6,14H,7-8H2,1-4H3. The first-order valence-corrected chi connectivity index (χ1v) is 5.19. The molecular weight excluding hydrogens is 206 g/mol. The molecule has 0 aromatic heterocycles. The summed E-state index contributed by atoms with van der Waals surface area (Å²) in [6, 6.07) is 3.83. The molecule has 0 saturated heterocycles. The minimum Gasteiger partial charge on any atom is -0.496 e. The average Bonchev–Trinajstić information content (AvgIpc) is 2.28. The number of anilines is 1. The Kier molecular flexibility index (Phi) is 4.43. The SMILES string of the molecule is COc1ccc(N(C)CCO)c(OC)c1C. The molecule has 0 spiro atoms. The second-order valence-corrected chi connectivity index (χ2v) is 3.59. The van der Waals surface area contributed by atoms with Gasteiger partial charge in [-0.3, -0.25) is 0 Å². The van der Waals surface area contributed by atoms with Crippen molar-refractivity contribution in [2.24, 2.45) is 0 Å². The maximum atomic E-state index is 8.92. The largest absolute Gasteiger partial charge is 0.496 e. The predicted octanol–water partition coefficient (Wildman–Crippen LogP) is 1.44. The van der Waals surface area contributed by atoms with Crippen molar-refractivity contribution in [3.05, 3.63) is 17.7 Å². The molecule has 16 heavy (non-hydrogen) atoms. The second-order valence-electron chi connectivity index (χ2n) is 3.59. The van der Waals surface area contributed by atoms with E-state index in [1.54, 1.807) is 14.2 Å². The van der Waals surface area contributed by atoms with E-state index in [-0.39, 0.29) is 6.61 Å². The lowest BCUT2D eigenvalue weighted by atomic mass is 10.1. The van der Waals surface area contributed by atoms with Gasteiger partial charge in [0.05, 0.1) is 26.5 Å². The molecule has 0 aliphatic rings. The van der Waals surface area contributed by atoms with E-state index in [1.807, 2.05) is 31.0 Å². The first kappa shape index (κ1) is 12.6. The van der Waals surface area contributed by atoms with Crippen LogP contribution in [-0.4, -0.2) is 39.5 Å². The van der Waals surface area contributed by atoms with E-state index in [2.05, 4.69) is 0 Å². The van der Waals surface area contributed by atoms with E-state index in [4.69, 9.17) is 14.6 Å². The number of hydrogen-bond acceptors (Lipinski definition) is 4. The van der Waals surface area contributed by atoms with Gasteiger partial charge in [-0.1, -0.05) is 0 Å². The number of nitrogens with zero attached hydrogens (tertiary/aromatic N) is 1. The highest BCUT2D eigenvalue weighted by Gasteiger charge is 2.13. The van der Waals surface area contributed by atoms with Crippen LogP contribution in [-0.2, 0) is 0 Å². The van der Waals surface area contributed by atoms with E-state index < -0.39 is 0 Å². The summed E-state index contributed by atoms with van der Waals surface area (Å²) in [6.45, 7) is 2.64. The number of aliphatic hydroxyl groups is 1. The molecule has 4 heteroatoms. The van der Waals surface area contributed by atoms with E-state index >= 15 is 0 Å². The summed E-state index contributed by atoms with van der Waals surface area (Å²) in [5.41, 5.74) is 1.92. The molecule has 0 saturated carbocycles. The number of likely N-dealkylation sites (N-methyl/N-ethyl adjacent to an activating group) is 1. The molecule has 90 valence electrons. The van der Waals surface area contributed by atoms with Gasteiger partial charge in [0.15, 0.2) is 0 Å². The van der Waals surface area contributed by atoms with Gasteiger partial charge in [0.2, 0.25) is 0 Å². The molecule has 0 aliphatic heterocycles. The molecule has 4 nitrogen and oxygen atoms in total. The van der Waals surface area contributed by atoms with Crippen molar-refractivity contribution in [2.75, 3.05) is 39.3 Å². The van der Waals surface area contributed by atoms with Gasteiger partial charge in [-0.15, -0.1) is 0 Å². The van der Waals surface area contributed by atoms with Gasteiger partial charge in [0, 0.05) is 19.2 Å². The first-order valence-electron chi connectivity index (χ1n) is 5.19. The average molecular weight is 225 g/mol. The lowest BCUT2D eigenvalue weighted by Crippen LogP contribution is -2.22. The lowest BCUT2D eigenvalue weighted by molar-refractivity contribution is 0.303. The van der Waals surface area contributed by atoms with Crippen molar-refractivity contribution >= 4 is 5.69 Å². The highest BCUT2D eigenvalue weighted by molar-refractivity contribution is 5.65. The summed E-state index contributed by atoms with van der Waals surface area (Å²) in [4.78, 5) is 1.95. The van der Waals surface area contributed by atoms with Gasteiger partial charge >= 0.3 is 0 Å². The fraction of sp³-hybridized carbons (Fsp3) is 0.500. The van der Waals surface area contributed by atoms with E-state index in [0.29, 0.717) is 6.54 Å². The van der Waals surface area contributed by atoms with Crippen LogP contribution in [0.3, 0.4) is 0 Å². The Hall–Kier alpha value is -1.42. The highest BCUT2D eigenvalue weighted by Crippen LogP contribution is 2.36. The van der Waals surface area contributed by atoms with Crippen LogP contribution in [0, 0.1) is 6.92 Å². The van der Waals surface area contributed by atoms with Crippen molar-refractivity contribution < 1.29 is 14.6 Å². The Balaban J connectivity index is 3.14. The molecule has 0 amide bonds. The Bertz CT molecular complexity index is 352. The minimum absolute atomic E-state index is 0.116. The van der Waals surface area contributed by atoms with E-state index in [9.17, 15) is 0 Å². The molecule has 0 heterocycles. The van der Waals surface area contributed by atoms with E-state index in [1.165, 1.54) is 0 Å². The maximum Gasteiger partial charge on any atom is 0.148 e. The summed E-state index contributed by atoms with van der Waals surface area (Å²) in [7, 11) is 5.19. The Morgan fingerprint density at radius 2 is 1.94 bits per heavy atom. The zero-order valence-corrected chi connectivity index (χ0v) is 10.3. The smallest absolute Gasteiger partial charge is 0.148 e. The monoisotopic (exact) mass is 225 g/mol. The van der Waals surface area contributed by atoms with Crippen LogP contribution < -0.4 is 14.4 Å². The molecule has 0 unspecified atom stereocenters. The zero-order valence-electron chi connectivity index (χ0n) is 10.3. The molecule has 1 aromatic rings. The van der Waals surface area contributed by atoms with Crippen LogP contribution in [0.2, 0.25) is 0 Å². The van der Waals surface area contributed by atoms with Crippen molar-refractivity contribution in [1.29, 1.82) is 0 Å². The Morgan fingerprint density at radius 3 is 2.44 bits per heavy atom. The fourth-order valence-corrected chi connectivity index (χ4v) is 1.71. The number of rotatable bonds is 5. The number of aliphatic hydroxyl groups excluding tert-OH is 1. The van der Waals surface area contributed by atoms with Gasteiger partial charge in [0.25, 0.3) is 0 Å². The maximum absolute atomic E-state index is 8.92. The van der Waals surface area contributed by atoms with Crippen molar-refractivity contribution in [1.82, 2.24) is 0 Å². The Labute approximate surface area is 96.4 Å². The molecule has 1 rings (SSSR count). The topological polar surface area (TPSA) is 41.9 Å². The summed E-state index contributed by atoms with van der Waals surface area (Å²) in [5, 5.41) is 8.92. The summed E-state index contributed by atoms with van der Waals surface area (Å²) >= 11 is 0. The molecule has 0 aliphatic carbocycles. The third-order valence-corrected chi connectivity index (χ3v) is 2.61. The predicted molar refractivity (Wildman–Crippen MR) is 64.6 cm³/mol. The number of methoxy groups -OCH3 is 2. The van der Waals surface area contributed by atoms with Gasteiger partial charge in [-0.05, 0) is 19.1 Å². The molecule has 1 N–H and O–H groups in total. The van der Waals surface area contributed by atoms with Gasteiger partial charge in [-0.25, -0.2) is 0 Å². The van der Waals surface area contributed by atoms with Gasteiger partial charge in [0.1, 0.15) is 11.5 Å². The normalized spacial score (nSPS) is 10.1. The van der Waals surface area contributed by atoms with Crippen LogP contribution in [0.25, 0.3) is 0 Å². The van der Waals surface area contributed by atoms with Crippen molar-refractivity contribution in [3.8, 4) is 11.5 Å². The third-order valence-electron chi connectivity index (χ3n) is 2.61. The first-order chi connectivity index (χ1) is 7.65. The number of benzene rings is 1. The van der Waals surface area contributed by atoms with Crippen molar-refractivity contribution in [2.45, 2.75) is 6.92 Å².